The molecular weight excluding hydrogens is 248 g/mol. The first-order valence-electron chi connectivity index (χ1n) is 6.85. The van der Waals surface area contributed by atoms with Crippen LogP contribution in [0.5, 0.6) is 0 Å². The van der Waals surface area contributed by atoms with E-state index in [-0.39, 0.29) is 0 Å². The van der Waals surface area contributed by atoms with Gasteiger partial charge in [0.2, 0.25) is 0 Å². The van der Waals surface area contributed by atoms with Gasteiger partial charge in [0.1, 0.15) is 0 Å². The van der Waals surface area contributed by atoms with Crippen LogP contribution in [0.4, 0.5) is 0 Å². The van der Waals surface area contributed by atoms with Crippen LogP contribution in [0.25, 0.3) is 10.8 Å². The first-order chi connectivity index (χ1) is 9.72. The van der Waals surface area contributed by atoms with Crippen LogP contribution >= 0.6 is 0 Å². The largest absolute Gasteiger partial charge is 0.392 e. The molecule has 1 unspecified atom stereocenters. The minimum Gasteiger partial charge on any atom is -0.392 e. The molecule has 102 valence electrons. The summed E-state index contributed by atoms with van der Waals surface area (Å²) in [6, 6.07) is 16.5. The summed E-state index contributed by atoms with van der Waals surface area (Å²) < 4.78 is 1.76. The lowest BCUT2D eigenvalue weighted by Gasteiger charge is -2.11. The number of nitrogens with zero attached hydrogens (tertiary/aromatic N) is 2. The van der Waals surface area contributed by atoms with Crippen molar-refractivity contribution in [2.24, 2.45) is 7.05 Å². The number of aliphatic hydroxyl groups excluding tert-OH is 1. The van der Waals surface area contributed by atoms with Crippen molar-refractivity contribution in [1.29, 1.82) is 0 Å². The number of aliphatic hydroxyl groups is 1. The summed E-state index contributed by atoms with van der Waals surface area (Å²) in [6.07, 6.45) is 2.73. The topological polar surface area (TPSA) is 38.0 Å². The lowest BCUT2D eigenvalue weighted by Crippen LogP contribution is -2.14. The van der Waals surface area contributed by atoms with Gasteiger partial charge < -0.3 is 5.11 Å². The Bertz CT molecular complexity index is 712. The molecule has 0 aliphatic rings. The number of hydrogen-bond acceptors (Lipinski definition) is 2. The molecule has 0 fully saturated rings. The highest BCUT2D eigenvalue weighted by atomic mass is 16.3. The second kappa shape index (κ2) is 5.47. The van der Waals surface area contributed by atoms with Crippen molar-refractivity contribution >= 4 is 10.8 Å². The van der Waals surface area contributed by atoms with Gasteiger partial charge in [-0.1, -0.05) is 42.5 Å². The van der Waals surface area contributed by atoms with Gasteiger partial charge in [0, 0.05) is 19.7 Å². The van der Waals surface area contributed by atoms with E-state index >= 15 is 0 Å². The zero-order valence-corrected chi connectivity index (χ0v) is 11.5. The molecule has 0 aliphatic heterocycles. The molecule has 0 radical (unpaired) electrons. The van der Waals surface area contributed by atoms with Gasteiger partial charge in [0.15, 0.2) is 0 Å². The Kier molecular flexibility index (Phi) is 3.52. The molecule has 3 nitrogen and oxygen atoms in total. The number of aryl methyl sites for hydroxylation is 1. The molecular formula is C17H18N2O. The molecule has 3 rings (SSSR count). The molecule has 0 saturated heterocycles. The maximum Gasteiger partial charge on any atom is 0.0650 e. The van der Waals surface area contributed by atoms with Gasteiger partial charge in [0.05, 0.1) is 11.8 Å². The Morgan fingerprint density at radius 1 is 1.05 bits per heavy atom. The quantitative estimate of drug-likeness (QED) is 0.788. The third-order valence-corrected chi connectivity index (χ3v) is 3.55. The number of benzene rings is 2. The van der Waals surface area contributed by atoms with Crippen molar-refractivity contribution in [1.82, 2.24) is 9.78 Å². The molecule has 2 aromatic carbocycles. The highest BCUT2D eigenvalue weighted by Crippen LogP contribution is 2.20. The standard InChI is InChI=1S/C17H18N2O/c1-19-10-9-15(18-19)12-16(20)11-14-7-4-6-13-5-2-3-8-17(13)14/h2-10,16,20H,11-12H2,1H3. The van der Waals surface area contributed by atoms with Gasteiger partial charge in [0.25, 0.3) is 0 Å². The summed E-state index contributed by atoms with van der Waals surface area (Å²) in [5.74, 6) is 0. The number of hydrogen-bond donors (Lipinski definition) is 1. The Hall–Kier alpha value is -2.13. The van der Waals surface area contributed by atoms with Crippen molar-refractivity contribution in [3.63, 3.8) is 0 Å². The summed E-state index contributed by atoms with van der Waals surface area (Å²) in [5.41, 5.74) is 2.12. The fraction of sp³-hybridized carbons (Fsp3) is 0.235. The van der Waals surface area contributed by atoms with Crippen LogP contribution in [-0.4, -0.2) is 21.0 Å². The molecule has 0 bridgehead atoms. The second-order valence-corrected chi connectivity index (χ2v) is 5.18. The highest BCUT2D eigenvalue weighted by Gasteiger charge is 2.10. The van der Waals surface area contributed by atoms with Gasteiger partial charge in [-0.25, -0.2) is 0 Å². The van der Waals surface area contributed by atoms with E-state index < -0.39 is 6.10 Å². The number of rotatable bonds is 4. The summed E-state index contributed by atoms with van der Waals surface area (Å²) in [6.45, 7) is 0. The summed E-state index contributed by atoms with van der Waals surface area (Å²) >= 11 is 0. The van der Waals surface area contributed by atoms with Crippen molar-refractivity contribution in [3.05, 3.63) is 66.0 Å². The average Bonchev–Trinajstić information content (AvgIpc) is 2.84. The molecule has 1 N–H and O–H groups in total. The minimum atomic E-state index is -0.407. The van der Waals surface area contributed by atoms with Crippen molar-refractivity contribution < 1.29 is 5.11 Å². The fourth-order valence-electron chi connectivity index (χ4n) is 2.61. The van der Waals surface area contributed by atoms with Crippen LogP contribution < -0.4 is 0 Å². The molecule has 3 aromatic rings. The summed E-state index contributed by atoms with van der Waals surface area (Å²) in [5, 5.41) is 17.0. The van der Waals surface area contributed by atoms with Crippen LogP contribution in [0.3, 0.4) is 0 Å². The van der Waals surface area contributed by atoms with Gasteiger partial charge in [-0.15, -0.1) is 0 Å². The summed E-state index contributed by atoms with van der Waals surface area (Å²) in [4.78, 5) is 0. The van der Waals surface area contributed by atoms with Crippen molar-refractivity contribution in [2.45, 2.75) is 18.9 Å². The predicted octanol–water partition coefficient (Wildman–Crippen LogP) is 2.72. The van der Waals surface area contributed by atoms with Gasteiger partial charge in [-0.3, -0.25) is 4.68 Å². The van der Waals surface area contributed by atoms with E-state index in [1.165, 1.54) is 16.3 Å². The Morgan fingerprint density at radius 3 is 2.65 bits per heavy atom. The Balaban J connectivity index is 1.79. The molecule has 0 amide bonds. The van der Waals surface area contributed by atoms with E-state index in [9.17, 15) is 5.11 Å². The molecule has 3 heteroatoms. The van der Waals surface area contributed by atoms with Gasteiger partial charge >= 0.3 is 0 Å². The maximum absolute atomic E-state index is 10.3. The van der Waals surface area contributed by atoms with Crippen LogP contribution in [0.2, 0.25) is 0 Å². The molecule has 0 spiro atoms. The Morgan fingerprint density at radius 2 is 1.85 bits per heavy atom. The monoisotopic (exact) mass is 266 g/mol. The molecule has 20 heavy (non-hydrogen) atoms. The highest BCUT2D eigenvalue weighted by molar-refractivity contribution is 5.85. The second-order valence-electron chi connectivity index (χ2n) is 5.18. The van der Waals surface area contributed by atoms with Crippen molar-refractivity contribution in [3.8, 4) is 0 Å². The van der Waals surface area contributed by atoms with E-state index in [4.69, 9.17) is 0 Å². The van der Waals surface area contributed by atoms with Crippen LogP contribution in [0.15, 0.2) is 54.7 Å². The zero-order chi connectivity index (χ0) is 13.9. The van der Waals surface area contributed by atoms with Crippen molar-refractivity contribution in [2.75, 3.05) is 0 Å². The maximum atomic E-state index is 10.3. The van der Waals surface area contributed by atoms with Gasteiger partial charge in [-0.2, -0.15) is 5.10 Å². The SMILES string of the molecule is Cn1ccc(CC(O)Cc2cccc3ccccc23)n1. The third kappa shape index (κ3) is 2.73. The molecule has 0 saturated carbocycles. The fourth-order valence-corrected chi connectivity index (χ4v) is 2.61. The minimum absolute atomic E-state index is 0.407. The van der Waals surface area contributed by atoms with E-state index in [0.717, 1.165) is 5.69 Å². The Labute approximate surface area is 118 Å². The van der Waals surface area contributed by atoms with Crippen LogP contribution in [0.1, 0.15) is 11.3 Å². The smallest absolute Gasteiger partial charge is 0.0650 e. The van der Waals surface area contributed by atoms with E-state index in [0.29, 0.717) is 12.8 Å². The van der Waals surface area contributed by atoms with Gasteiger partial charge in [-0.05, 0) is 28.8 Å². The predicted molar refractivity (Wildman–Crippen MR) is 80.6 cm³/mol. The lowest BCUT2D eigenvalue weighted by molar-refractivity contribution is 0.174. The third-order valence-electron chi connectivity index (χ3n) is 3.55. The lowest BCUT2D eigenvalue weighted by atomic mass is 9.98. The number of aromatic nitrogens is 2. The molecule has 0 aliphatic carbocycles. The van der Waals surface area contributed by atoms with Crippen LogP contribution in [0, 0.1) is 0 Å². The molecule has 1 heterocycles. The zero-order valence-electron chi connectivity index (χ0n) is 11.5. The van der Waals surface area contributed by atoms with E-state index in [1.54, 1.807) is 4.68 Å². The first-order valence-corrected chi connectivity index (χ1v) is 6.85. The van der Waals surface area contributed by atoms with Crippen LogP contribution in [-0.2, 0) is 19.9 Å². The number of fused-ring (bicyclic) bond motifs is 1. The average molecular weight is 266 g/mol. The first kappa shape index (κ1) is 12.9. The molecule has 1 atom stereocenters. The van der Waals surface area contributed by atoms with E-state index in [1.807, 2.05) is 37.5 Å². The molecule has 1 aromatic heterocycles. The summed E-state index contributed by atoms with van der Waals surface area (Å²) in [7, 11) is 1.89. The normalized spacial score (nSPS) is 12.7. The van der Waals surface area contributed by atoms with E-state index in [2.05, 4.69) is 29.4 Å².